The zero-order chi connectivity index (χ0) is 17.9. The molecule has 4 rings (SSSR count). The minimum Gasteiger partial charge on any atom is -0.494 e. The first-order chi connectivity index (χ1) is 12.7. The first-order valence-electron chi connectivity index (χ1n) is 9.53. The van der Waals surface area contributed by atoms with Gasteiger partial charge >= 0.3 is 0 Å². The largest absolute Gasteiger partial charge is 0.494 e. The van der Waals surface area contributed by atoms with E-state index in [1.54, 1.807) is 6.26 Å². The minimum absolute atomic E-state index is 0.0146. The van der Waals surface area contributed by atoms with Crippen molar-refractivity contribution in [3.8, 4) is 5.75 Å². The topological polar surface area (TPSA) is 54.7 Å². The van der Waals surface area contributed by atoms with Crippen LogP contribution in [0.2, 0.25) is 0 Å². The van der Waals surface area contributed by atoms with Crippen molar-refractivity contribution < 1.29 is 13.9 Å². The zero-order valence-corrected chi connectivity index (χ0v) is 15.2. The van der Waals surface area contributed by atoms with E-state index < -0.39 is 0 Å². The highest BCUT2D eigenvalue weighted by Gasteiger charge is 2.41. The van der Waals surface area contributed by atoms with Crippen LogP contribution in [0.5, 0.6) is 5.75 Å². The molecule has 2 atom stereocenters. The van der Waals surface area contributed by atoms with Crippen molar-refractivity contribution in [1.82, 2.24) is 10.2 Å². The fraction of sp³-hybridized carbons (Fsp3) is 0.476. The standard InChI is InChI=1S/C21H26N2O3/c1-2-26-20-7-3-16(4-8-20)21(24)22-17-11-18-5-6-19(12-17)23(18)13-15-9-10-25-14-15/h3-4,7-10,14,17-19H,2,5-6,11-13H2,1H3,(H,22,24). The maximum Gasteiger partial charge on any atom is 0.251 e. The molecule has 138 valence electrons. The van der Waals surface area contributed by atoms with E-state index in [1.165, 1.54) is 18.4 Å². The molecule has 5 nitrogen and oxygen atoms in total. The van der Waals surface area contributed by atoms with E-state index in [4.69, 9.17) is 9.15 Å². The van der Waals surface area contributed by atoms with Crippen molar-refractivity contribution in [2.24, 2.45) is 0 Å². The number of hydrogen-bond donors (Lipinski definition) is 1. The molecule has 3 heterocycles. The Bertz CT molecular complexity index is 712. The van der Waals surface area contributed by atoms with Crippen molar-refractivity contribution in [3.05, 3.63) is 54.0 Å². The molecule has 1 aromatic carbocycles. The lowest BCUT2D eigenvalue weighted by atomic mass is 9.96. The van der Waals surface area contributed by atoms with Crippen molar-refractivity contribution in [3.63, 3.8) is 0 Å². The lowest BCUT2D eigenvalue weighted by Crippen LogP contribution is -2.49. The summed E-state index contributed by atoms with van der Waals surface area (Å²) in [5.41, 5.74) is 1.93. The zero-order valence-electron chi connectivity index (χ0n) is 15.2. The number of fused-ring (bicyclic) bond motifs is 2. The molecule has 2 aliphatic heterocycles. The van der Waals surface area contributed by atoms with Gasteiger partial charge in [0.15, 0.2) is 0 Å². The van der Waals surface area contributed by atoms with Crippen LogP contribution in [-0.4, -0.2) is 35.5 Å². The van der Waals surface area contributed by atoms with Gasteiger partial charge in [0, 0.05) is 35.8 Å². The molecule has 1 N–H and O–H groups in total. The van der Waals surface area contributed by atoms with Gasteiger partial charge in [-0.1, -0.05) is 0 Å². The number of benzene rings is 1. The van der Waals surface area contributed by atoms with Gasteiger partial charge in [-0.15, -0.1) is 0 Å². The molecule has 5 heteroatoms. The Morgan fingerprint density at radius 2 is 1.92 bits per heavy atom. The minimum atomic E-state index is 0.0146. The average Bonchev–Trinajstić information content (AvgIpc) is 3.23. The highest BCUT2D eigenvalue weighted by Crippen LogP contribution is 2.37. The molecule has 1 amide bonds. The summed E-state index contributed by atoms with van der Waals surface area (Å²) in [5, 5.41) is 3.24. The van der Waals surface area contributed by atoms with E-state index in [9.17, 15) is 4.79 Å². The maximum atomic E-state index is 12.6. The maximum absolute atomic E-state index is 12.6. The summed E-state index contributed by atoms with van der Waals surface area (Å²) >= 11 is 0. The normalized spacial score (nSPS) is 25.2. The van der Waals surface area contributed by atoms with Crippen LogP contribution in [0.25, 0.3) is 0 Å². The molecule has 2 aromatic rings. The molecule has 2 saturated heterocycles. The second-order valence-corrected chi connectivity index (χ2v) is 7.29. The summed E-state index contributed by atoms with van der Waals surface area (Å²) in [7, 11) is 0. The van der Waals surface area contributed by atoms with E-state index >= 15 is 0 Å². The Balaban J connectivity index is 1.34. The fourth-order valence-electron chi connectivity index (χ4n) is 4.38. The van der Waals surface area contributed by atoms with Crippen LogP contribution in [0.15, 0.2) is 47.3 Å². The van der Waals surface area contributed by atoms with Gasteiger partial charge in [0.05, 0.1) is 19.1 Å². The SMILES string of the molecule is CCOc1ccc(C(=O)NC2CC3CCC(C2)N3Cc2ccoc2)cc1. The van der Waals surface area contributed by atoms with Gasteiger partial charge in [0.25, 0.3) is 5.91 Å². The third kappa shape index (κ3) is 3.63. The van der Waals surface area contributed by atoms with Crippen LogP contribution < -0.4 is 10.1 Å². The van der Waals surface area contributed by atoms with E-state index in [0.717, 1.165) is 25.1 Å². The predicted molar refractivity (Wildman–Crippen MR) is 99.2 cm³/mol. The van der Waals surface area contributed by atoms with E-state index in [1.807, 2.05) is 43.5 Å². The first kappa shape index (κ1) is 17.2. The van der Waals surface area contributed by atoms with Crippen LogP contribution >= 0.6 is 0 Å². The second kappa shape index (κ2) is 7.54. The number of carbonyl (C=O) groups is 1. The molecular formula is C21H26N2O3. The van der Waals surface area contributed by atoms with Crippen molar-refractivity contribution in [2.75, 3.05) is 6.61 Å². The number of rotatable bonds is 6. The summed E-state index contributed by atoms with van der Waals surface area (Å²) in [6, 6.07) is 10.8. The van der Waals surface area contributed by atoms with Crippen molar-refractivity contribution in [2.45, 2.75) is 57.3 Å². The van der Waals surface area contributed by atoms with Crippen LogP contribution in [0.1, 0.15) is 48.5 Å². The Morgan fingerprint density at radius 1 is 1.19 bits per heavy atom. The molecular weight excluding hydrogens is 328 g/mol. The number of piperidine rings is 1. The number of hydrogen-bond acceptors (Lipinski definition) is 4. The molecule has 2 fully saturated rings. The fourth-order valence-corrected chi connectivity index (χ4v) is 4.38. The van der Waals surface area contributed by atoms with Crippen molar-refractivity contribution in [1.29, 1.82) is 0 Å². The summed E-state index contributed by atoms with van der Waals surface area (Å²) in [6.45, 7) is 3.53. The Hall–Kier alpha value is -2.27. The van der Waals surface area contributed by atoms with Gasteiger partial charge in [0.1, 0.15) is 5.75 Å². The van der Waals surface area contributed by atoms with Crippen LogP contribution in [-0.2, 0) is 6.54 Å². The third-order valence-corrected chi connectivity index (χ3v) is 5.59. The lowest BCUT2D eigenvalue weighted by molar-refractivity contribution is 0.0827. The monoisotopic (exact) mass is 354 g/mol. The van der Waals surface area contributed by atoms with Gasteiger partial charge in [0.2, 0.25) is 0 Å². The number of amides is 1. The lowest BCUT2D eigenvalue weighted by Gasteiger charge is -2.39. The van der Waals surface area contributed by atoms with Gasteiger partial charge < -0.3 is 14.5 Å². The highest BCUT2D eigenvalue weighted by molar-refractivity contribution is 5.94. The first-order valence-corrected chi connectivity index (χ1v) is 9.53. The van der Waals surface area contributed by atoms with E-state index in [2.05, 4.69) is 10.2 Å². The molecule has 1 aromatic heterocycles. The molecule has 26 heavy (non-hydrogen) atoms. The molecule has 2 aliphatic rings. The Labute approximate surface area is 154 Å². The molecule has 0 saturated carbocycles. The number of nitrogens with one attached hydrogen (secondary N) is 1. The number of nitrogens with zero attached hydrogens (tertiary/aromatic N) is 1. The van der Waals surface area contributed by atoms with E-state index in [-0.39, 0.29) is 11.9 Å². The average molecular weight is 354 g/mol. The summed E-state index contributed by atoms with van der Waals surface area (Å²) in [4.78, 5) is 15.2. The molecule has 0 spiro atoms. The third-order valence-electron chi connectivity index (χ3n) is 5.59. The Morgan fingerprint density at radius 3 is 2.54 bits per heavy atom. The van der Waals surface area contributed by atoms with Crippen LogP contribution in [0, 0.1) is 0 Å². The van der Waals surface area contributed by atoms with Gasteiger partial charge in [-0.25, -0.2) is 0 Å². The Kier molecular flexibility index (Phi) is 4.98. The molecule has 0 aliphatic carbocycles. The number of carbonyl (C=O) groups excluding carboxylic acids is 1. The molecule has 2 bridgehead atoms. The number of ether oxygens (including phenoxy) is 1. The predicted octanol–water partition coefficient (Wildman–Crippen LogP) is 3.60. The molecule has 0 radical (unpaired) electrons. The molecule has 2 unspecified atom stereocenters. The quantitative estimate of drug-likeness (QED) is 0.861. The second-order valence-electron chi connectivity index (χ2n) is 7.29. The highest BCUT2D eigenvalue weighted by atomic mass is 16.5. The van der Waals surface area contributed by atoms with Gasteiger partial charge in [-0.2, -0.15) is 0 Å². The summed E-state index contributed by atoms with van der Waals surface area (Å²) in [6.07, 6.45) is 8.06. The van der Waals surface area contributed by atoms with Gasteiger partial charge in [-0.3, -0.25) is 9.69 Å². The summed E-state index contributed by atoms with van der Waals surface area (Å²) < 4.78 is 10.6. The van der Waals surface area contributed by atoms with Crippen LogP contribution in [0.4, 0.5) is 0 Å². The van der Waals surface area contributed by atoms with Gasteiger partial charge in [-0.05, 0) is 62.9 Å². The summed E-state index contributed by atoms with van der Waals surface area (Å²) in [5.74, 6) is 0.815. The van der Waals surface area contributed by atoms with E-state index in [0.29, 0.717) is 24.3 Å². The smallest absolute Gasteiger partial charge is 0.251 e. The number of furan rings is 1. The van der Waals surface area contributed by atoms with Crippen molar-refractivity contribution >= 4 is 5.91 Å². The van der Waals surface area contributed by atoms with Crippen LogP contribution in [0.3, 0.4) is 0 Å².